The van der Waals surface area contributed by atoms with Crippen molar-refractivity contribution in [2.75, 3.05) is 4.90 Å². The van der Waals surface area contributed by atoms with E-state index in [2.05, 4.69) is 19.1 Å². The highest BCUT2D eigenvalue weighted by atomic mass is 32.1. The molecule has 4 rings (SSSR count). The highest BCUT2D eigenvalue weighted by Crippen LogP contribution is 2.31. The Balaban J connectivity index is 1.65. The van der Waals surface area contributed by atoms with E-state index in [1.807, 2.05) is 36.4 Å². The maximum Gasteiger partial charge on any atom is 0.269 e. The first-order chi connectivity index (χ1) is 15.0. The number of anilines is 1. The van der Waals surface area contributed by atoms with E-state index < -0.39 is 4.92 Å². The molecule has 0 N–H and O–H groups in total. The van der Waals surface area contributed by atoms with Crippen LogP contribution in [0.3, 0.4) is 0 Å². The molecule has 0 fully saturated rings. The van der Waals surface area contributed by atoms with E-state index in [1.54, 1.807) is 17.0 Å². The lowest BCUT2D eigenvalue weighted by Gasteiger charge is -2.20. The lowest BCUT2D eigenvalue weighted by atomic mass is 10.1. The van der Waals surface area contributed by atoms with E-state index >= 15 is 0 Å². The van der Waals surface area contributed by atoms with Gasteiger partial charge in [0.15, 0.2) is 5.13 Å². The van der Waals surface area contributed by atoms with Crippen LogP contribution in [-0.2, 0) is 24.2 Å². The minimum atomic E-state index is -0.445. The molecule has 0 spiro atoms. The van der Waals surface area contributed by atoms with Gasteiger partial charge in [0.05, 0.1) is 28.1 Å². The Bertz CT molecular complexity index is 1220. The van der Waals surface area contributed by atoms with Crippen molar-refractivity contribution in [1.82, 2.24) is 4.98 Å². The number of aromatic nitrogens is 1. The Morgan fingerprint density at radius 1 is 1.00 bits per heavy atom. The first-order valence-corrected chi connectivity index (χ1v) is 10.8. The molecule has 1 heterocycles. The predicted octanol–water partition coefficient (Wildman–Crippen LogP) is 5.54. The monoisotopic (exact) mass is 431 g/mol. The summed E-state index contributed by atoms with van der Waals surface area (Å²) in [6.45, 7) is 2.52. The van der Waals surface area contributed by atoms with E-state index in [-0.39, 0.29) is 18.0 Å². The van der Waals surface area contributed by atoms with E-state index in [0.717, 1.165) is 27.8 Å². The molecule has 0 atom stereocenters. The van der Waals surface area contributed by atoms with Gasteiger partial charge in [-0.15, -0.1) is 0 Å². The highest BCUT2D eigenvalue weighted by molar-refractivity contribution is 7.22. The van der Waals surface area contributed by atoms with Crippen molar-refractivity contribution in [1.29, 1.82) is 0 Å². The molecule has 0 aliphatic heterocycles. The number of carbonyl (C=O) groups is 1. The van der Waals surface area contributed by atoms with Gasteiger partial charge in [0, 0.05) is 12.1 Å². The Morgan fingerprint density at radius 3 is 2.39 bits per heavy atom. The fraction of sp³-hybridized carbons (Fsp3) is 0.167. The van der Waals surface area contributed by atoms with E-state index in [4.69, 9.17) is 4.98 Å². The van der Waals surface area contributed by atoms with Gasteiger partial charge in [-0.3, -0.25) is 19.8 Å². The topological polar surface area (TPSA) is 76.3 Å². The average molecular weight is 432 g/mol. The van der Waals surface area contributed by atoms with Crippen LogP contribution in [-0.4, -0.2) is 15.8 Å². The normalized spacial score (nSPS) is 10.9. The van der Waals surface area contributed by atoms with Crippen molar-refractivity contribution in [2.24, 2.45) is 0 Å². The number of benzene rings is 3. The lowest BCUT2D eigenvalue weighted by Crippen LogP contribution is -2.31. The molecule has 0 bridgehead atoms. The zero-order valence-corrected chi connectivity index (χ0v) is 17.8. The van der Waals surface area contributed by atoms with Crippen LogP contribution in [0.4, 0.5) is 10.8 Å². The molecule has 0 aliphatic carbocycles. The summed E-state index contributed by atoms with van der Waals surface area (Å²) in [5.74, 6) is -0.104. The molecule has 0 aliphatic rings. The third-order valence-electron chi connectivity index (χ3n) is 5.07. The second-order valence-electron chi connectivity index (χ2n) is 7.22. The van der Waals surface area contributed by atoms with Crippen molar-refractivity contribution in [3.05, 3.63) is 99.6 Å². The van der Waals surface area contributed by atoms with Crippen LogP contribution in [0, 0.1) is 10.1 Å². The molecule has 31 heavy (non-hydrogen) atoms. The number of nitro benzene ring substituents is 1. The number of amides is 1. The van der Waals surface area contributed by atoms with Crippen molar-refractivity contribution < 1.29 is 9.72 Å². The van der Waals surface area contributed by atoms with Crippen LogP contribution >= 0.6 is 11.3 Å². The third kappa shape index (κ3) is 4.78. The van der Waals surface area contributed by atoms with Crippen LogP contribution in [0.5, 0.6) is 0 Å². The van der Waals surface area contributed by atoms with Gasteiger partial charge in [0.2, 0.25) is 5.91 Å². The minimum absolute atomic E-state index is 0.00948. The summed E-state index contributed by atoms with van der Waals surface area (Å²) in [4.78, 5) is 30.2. The minimum Gasteiger partial charge on any atom is -0.283 e. The van der Waals surface area contributed by atoms with Crippen molar-refractivity contribution in [3.63, 3.8) is 0 Å². The number of nitro groups is 1. The molecule has 4 aromatic rings. The van der Waals surface area contributed by atoms with Gasteiger partial charge in [0.25, 0.3) is 5.69 Å². The van der Waals surface area contributed by atoms with Gasteiger partial charge >= 0.3 is 0 Å². The van der Waals surface area contributed by atoms with E-state index in [9.17, 15) is 14.9 Å². The number of rotatable bonds is 7. The molecule has 0 saturated carbocycles. The summed E-state index contributed by atoms with van der Waals surface area (Å²) in [6, 6.07) is 22.1. The number of carbonyl (C=O) groups excluding carboxylic acids is 1. The SMILES string of the molecule is CCc1ccc2nc(N(Cc3ccccc3)C(=O)Cc3ccc([N+](=O)[O-])cc3)sc2c1. The summed E-state index contributed by atoms with van der Waals surface area (Å²) < 4.78 is 1.05. The van der Waals surface area contributed by atoms with Gasteiger partial charge in [-0.25, -0.2) is 4.98 Å². The number of hydrogen-bond acceptors (Lipinski definition) is 5. The van der Waals surface area contributed by atoms with Gasteiger partial charge < -0.3 is 0 Å². The number of fused-ring (bicyclic) bond motifs is 1. The van der Waals surface area contributed by atoms with Crippen molar-refractivity contribution in [2.45, 2.75) is 26.3 Å². The van der Waals surface area contributed by atoms with Crippen LogP contribution < -0.4 is 4.90 Å². The summed E-state index contributed by atoms with van der Waals surface area (Å²) in [7, 11) is 0. The van der Waals surface area contributed by atoms with Crippen LogP contribution in [0.25, 0.3) is 10.2 Å². The van der Waals surface area contributed by atoms with Gasteiger partial charge in [-0.1, -0.05) is 66.8 Å². The number of nitrogens with zero attached hydrogens (tertiary/aromatic N) is 3. The Labute approximate surface area is 183 Å². The standard InChI is InChI=1S/C24H21N3O3S/c1-2-17-10-13-21-22(14-17)31-24(25-21)26(16-19-6-4-3-5-7-19)23(28)15-18-8-11-20(12-9-18)27(29)30/h3-14H,2,15-16H2,1H3. The van der Waals surface area contributed by atoms with E-state index in [0.29, 0.717) is 11.7 Å². The quantitative estimate of drug-likeness (QED) is 0.284. The molecule has 0 saturated heterocycles. The Kier molecular flexibility index (Phi) is 6.04. The number of thiazole rings is 1. The molecule has 1 aromatic heterocycles. The molecular formula is C24H21N3O3S. The molecule has 1 amide bonds. The number of non-ortho nitro benzene ring substituents is 1. The summed E-state index contributed by atoms with van der Waals surface area (Å²) in [5.41, 5.74) is 3.85. The van der Waals surface area contributed by atoms with Crippen LogP contribution in [0.1, 0.15) is 23.6 Å². The molecule has 6 nitrogen and oxygen atoms in total. The molecular weight excluding hydrogens is 410 g/mol. The van der Waals surface area contributed by atoms with Gasteiger partial charge in [0.1, 0.15) is 0 Å². The van der Waals surface area contributed by atoms with Crippen LogP contribution in [0.2, 0.25) is 0 Å². The zero-order valence-electron chi connectivity index (χ0n) is 17.0. The van der Waals surface area contributed by atoms with Crippen molar-refractivity contribution in [3.8, 4) is 0 Å². The maximum absolute atomic E-state index is 13.3. The second-order valence-corrected chi connectivity index (χ2v) is 8.23. The summed E-state index contributed by atoms with van der Waals surface area (Å²) in [5, 5.41) is 11.5. The fourth-order valence-electron chi connectivity index (χ4n) is 3.33. The number of hydrogen-bond donors (Lipinski definition) is 0. The Morgan fingerprint density at radius 2 is 1.71 bits per heavy atom. The van der Waals surface area contributed by atoms with Crippen molar-refractivity contribution >= 4 is 38.3 Å². The average Bonchev–Trinajstić information content (AvgIpc) is 3.21. The zero-order chi connectivity index (χ0) is 21.8. The van der Waals surface area contributed by atoms with E-state index in [1.165, 1.54) is 29.0 Å². The smallest absolute Gasteiger partial charge is 0.269 e. The van der Waals surface area contributed by atoms with Gasteiger partial charge in [-0.05, 0) is 35.2 Å². The molecule has 7 heteroatoms. The van der Waals surface area contributed by atoms with Crippen LogP contribution in [0.15, 0.2) is 72.8 Å². The first-order valence-electron chi connectivity index (χ1n) is 10.0. The predicted molar refractivity (Wildman–Crippen MR) is 123 cm³/mol. The molecule has 3 aromatic carbocycles. The fourth-order valence-corrected chi connectivity index (χ4v) is 4.37. The maximum atomic E-state index is 13.3. The lowest BCUT2D eigenvalue weighted by molar-refractivity contribution is -0.384. The summed E-state index contributed by atoms with van der Waals surface area (Å²) in [6.07, 6.45) is 1.08. The second kappa shape index (κ2) is 9.06. The molecule has 0 radical (unpaired) electrons. The molecule has 0 unspecified atom stereocenters. The first kappa shape index (κ1) is 20.7. The highest BCUT2D eigenvalue weighted by Gasteiger charge is 2.21. The largest absolute Gasteiger partial charge is 0.283 e. The summed E-state index contributed by atoms with van der Waals surface area (Å²) >= 11 is 1.50. The van der Waals surface area contributed by atoms with Gasteiger partial charge in [-0.2, -0.15) is 0 Å². The third-order valence-corrected chi connectivity index (χ3v) is 6.11. The number of aryl methyl sites for hydroxylation is 1. The molecule has 156 valence electrons. The Hall–Kier alpha value is -3.58.